The Morgan fingerprint density at radius 2 is 1.77 bits per heavy atom. The lowest BCUT2D eigenvalue weighted by Gasteiger charge is -2.38. The molecule has 30 heavy (non-hydrogen) atoms. The number of hydrogen-bond acceptors (Lipinski definition) is 4. The van der Waals surface area contributed by atoms with E-state index >= 15 is 0 Å². The van der Waals surface area contributed by atoms with Gasteiger partial charge in [-0.25, -0.2) is 4.39 Å². The lowest BCUT2D eigenvalue weighted by Crippen LogP contribution is -2.47. The molecule has 1 aliphatic heterocycles. The first kappa shape index (κ1) is 21.8. The zero-order valence-electron chi connectivity index (χ0n) is 17.1. The van der Waals surface area contributed by atoms with E-state index in [4.69, 9.17) is 9.47 Å². The zero-order chi connectivity index (χ0) is 21.4. The van der Waals surface area contributed by atoms with Gasteiger partial charge in [-0.15, -0.1) is 0 Å². The Hall–Kier alpha value is -2.93. The molecule has 2 amide bonds. The molecule has 7 heteroatoms. The molecule has 6 nitrogen and oxygen atoms in total. The van der Waals surface area contributed by atoms with Crippen LogP contribution in [0, 0.1) is 5.82 Å². The molecule has 0 bridgehead atoms. The molecule has 0 aliphatic carbocycles. The Morgan fingerprint density at radius 3 is 2.47 bits per heavy atom. The molecule has 1 aliphatic rings. The van der Waals surface area contributed by atoms with Crippen molar-refractivity contribution in [2.45, 2.75) is 25.2 Å². The second-order valence-electron chi connectivity index (χ2n) is 7.29. The van der Waals surface area contributed by atoms with E-state index in [0.29, 0.717) is 37.7 Å². The Balaban J connectivity index is 1.58. The molecule has 0 radical (unpaired) electrons. The van der Waals surface area contributed by atoms with Crippen LogP contribution < -0.4 is 15.4 Å². The monoisotopic (exact) mass is 414 g/mol. The van der Waals surface area contributed by atoms with Crippen LogP contribution in [0.4, 0.5) is 4.39 Å². The van der Waals surface area contributed by atoms with Crippen LogP contribution in [0.25, 0.3) is 0 Å². The van der Waals surface area contributed by atoms with Crippen molar-refractivity contribution in [1.82, 2.24) is 10.6 Å². The van der Waals surface area contributed by atoms with Crippen LogP contribution in [0.15, 0.2) is 48.5 Å². The summed E-state index contributed by atoms with van der Waals surface area (Å²) in [4.78, 5) is 24.9. The van der Waals surface area contributed by atoms with E-state index in [0.717, 1.165) is 18.4 Å². The second kappa shape index (κ2) is 10.2. The Labute approximate surface area is 175 Å². The quantitative estimate of drug-likeness (QED) is 0.697. The van der Waals surface area contributed by atoms with E-state index in [9.17, 15) is 14.0 Å². The van der Waals surface area contributed by atoms with Crippen LogP contribution in [0.2, 0.25) is 0 Å². The number of benzene rings is 2. The molecular weight excluding hydrogens is 387 g/mol. The lowest BCUT2D eigenvalue weighted by molar-refractivity contribution is -0.120. The number of ether oxygens (including phenoxy) is 2. The van der Waals surface area contributed by atoms with Gasteiger partial charge in [0.25, 0.3) is 5.91 Å². The van der Waals surface area contributed by atoms with Gasteiger partial charge in [-0.3, -0.25) is 9.59 Å². The van der Waals surface area contributed by atoms with Gasteiger partial charge in [0, 0.05) is 25.2 Å². The van der Waals surface area contributed by atoms with Crippen molar-refractivity contribution in [3.63, 3.8) is 0 Å². The van der Waals surface area contributed by atoms with Crippen molar-refractivity contribution in [3.05, 3.63) is 65.5 Å². The number of nitrogens with one attached hydrogen (secondary N) is 2. The molecule has 1 saturated heterocycles. The minimum Gasteiger partial charge on any atom is -0.493 e. The summed E-state index contributed by atoms with van der Waals surface area (Å²) in [5.41, 5.74) is 1.05. The highest BCUT2D eigenvalue weighted by molar-refractivity contribution is 5.98. The predicted molar refractivity (Wildman–Crippen MR) is 111 cm³/mol. The van der Waals surface area contributed by atoms with Crippen molar-refractivity contribution in [3.8, 4) is 5.75 Å². The third kappa shape index (κ3) is 5.36. The molecule has 0 atom stereocenters. The highest BCUT2D eigenvalue weighted by Crippen LogP contribution is 2.34. The van der Waals surface area contributed by atoms with Gasteiger partial charge < -0.3 is 20.1 Å². The smallest absolute Gasteiger partial charge is 0.255 e. The van der Waals surface area contributed by atoms with Crippen molar-refractivity contribution in [2.75, 3.05) is 32.9 Å². The summed E-state index contributed by atoms with van der Waals surface area (Å²) < 4.78 is 24.3. The number of para-hydroxylation sites is 1. The Kier molecular flexibility index (Phi) is 7.41. The number of carbonyl (C=O) groups excluding carboxylic acids is 2. The summed E-state index contributed by atoms with van der Waals surface area (Å²) in [6.07, 6.45) is 1.46. The van der Waals surface area contributed by atoms with Crippen LogP contribution in [-0.2, 0) is 14.9 Å². The SMILES string of the molecule is CCOc1ccccc1C(=O)NCC(=O)NCC1(c2ccc(F)cc2)CCOCC1. The van der Waals surface area contributed by atoms with Gasteiger partial charge in [-0.05, 0) is 49.6 Å². The van der Waals surface area contributed by atoms with Gasteiger partial charge in [0.15, 0.2) is 0 Å². The minimum atomic E-state index is -0.367. The van der Waals surface area contributed by atoms with Crippen LogP contribution in [0.5, 0.6) is 5.75 Å². The normalized spacial score (nSPS) is 15.3. The maximum Gasteiger partial charge on any atom is 0.255 e. The molecular formula is C23H27FN2O4. The van der Waals surface area contributed by atoms with Crippen LogP contribution >= 0.6 is 0 Å². The van der Waals surface area contributed by atoms with E-state index in [1.807, 2.05) is 6.92 Å². The summed E-state index contributed by atoms with van der Waals surface area (Å²) in [6, 6.07) is 13.3. The van der Waals surface area contributed by atoms with Crippen molar-refractivity contribution < 1.29 is 23.5 Å². The number of rotatable bonds is 8. The van der Waals surface area contributed by atoms with E-state index in [1.54, 1.807) is 36.4 Å². The van der Waals surface area contributed by atoms with Crippen LogP contribution in [-0.4, -0.2) is 44.7 Å². The number of amides is 2. The molecule has 1 fully saturated rings. The summed E-state index contributed by atoms with van der Waals surface area (Å²) in [6.45, 7) is 3.70. The largest absolute Gasteiger partial charge is 0.493 e. The number of halogens is 1. The van der Waals surface area contributed by atoms with Gasteiger partial charge >= 0.3 is 0 Å². The second-order valence-corrected chi connectivity index (χ2v) is 7.29. The van der Waals surface area contributed by atoms with Crippen molar-refractivity contribution in [2.24, 2.45) is 0 Å². The van der Waals surface area contributed by atoms with E-state index in [1.165, 1.54) is 12.1 Å². The van der Waals surface area contributed by atoms with Gasteiger partial charge in [0.05, 0.1) is 18.7 Å². The third-order valence-corrected chi connectivity index (χ3v) is 5.37. The summed E-state index contributed by atoms with van der Waals surface area (Å²) in [5.74, 6) is -0.464. The Morgan fingerprint density at radius 1 is 1.07 bits per heavy atom. The maximum atomic E-state index is 13.3. The highest BCUT2D eigenvalue weighted by Gasteiger charge is 2.34. The standard InChI is InChI=1S/C23H27FN2O4/c1-2-30-20-6-4-3-5-19(20)22(28)25-15-21(27)26-16-23(11-13-29-14-12-23)17-7-9-18(24)10-8-17/h3-10H,2,11-16H2,1H3,(H,25,28)(H,26,27). The number of hydrogen-bond donors (Lipinski definition) is 2. The molecule has 2 aromatic rings. The average molecular weight is 414 g/mol. The van der Waals surface area contributed by atoms with Crippen molar-refractivity contribution >= 4 is 11.8 Å². The third-order valence-electron chi connectivity index (χ3n) is 5.37. The first-order chi connectivity index (χ1) is 14.5. The molecule has 3 rings (SSSR count). The molecule has 2 aromatic carbocycles. The summed E-state index contributed by atoms with van der Waals surface area (Å²) >= 11 is 0. The van der Waals surface area contributed by atoms with Crippen LogP contribution in [0.3, 0.4) is 0 Å². The van der Waals surface area contributed by atoms with E-state index in [-0.39, 0.29) is 29.6 Å². The summed E-state index contributed by atoms with van der Waals surface area (Å²) in [7, 11) is 0. The van der Waals surface area contributed by atoms with E-state index < -0.39 is 0 Å². The lowest BCUT2D eigenvalue weighted by atomic mass is 9.74. The van der Waals surface area contributed by atoms with Crippen LogP contribution in [0.1, 0.15) is 35.7 Å². The van der Waals surface area contributed by atoms with Crippen molar-refractivity contribution in [1.29, 1.82) is 0 Å². The van der Waals surface area contributed by atoms with E-state index in [2.05, 4.69) is 10.6 Å². The highest BCUT2D eigenvalue weighted by atomic mass is 19.1. The van der Waals surface area contributed by atoms with Gasteiger partial charge in [0.1, 0.15) is 11.6 Å². The molecule has 0 aromatic heterocycles. The fraction of sp³-hybridized carbons (Fsp3) is 0.391. The predicted octanol–water partition coefficient (Wildman–Crippen LogP) is 2.82. The summed E-state index contributed by atoms with van der Waals surface area (Å²) in [5, 5.41) is 5.56. The molecule has 2 N–H and O–H groups in total. The maximum absolute atomic E-state index is 13.3. The fourth-order valence-electron chi connectivity index (χ4n) is 3.65. The topological polar surface area (TPSA) is 76.7 Å². The molecule has 1 heterocycles. The molecule has 0 unspecified atom stereocenters. The first-order valence-electron chi connectivity index (χ1n) is 10.1. The Bertz CT molecular complexity index is 864. The first-order valence-corrected chi connectivity index (χ1v) is 10.1. The minimum absolute atomic E-state index is 0.144. The van der Waals surface area contributed by atoms with Gasteiger partial charge in [-0.2, -0.15) is 0 Å². The molecule has 160 valence electrons. The average Bonchev–Trinajstić information content (AvgIpc) is 2.78. The molecule has 0 spiro atoms. The van der Waals surface area contributed by atoms with Gasteiger partial charge in [0.2, 0.25) is 5.91 Å². The number of carbonyl (C=O) groups is 2. The fourth-order valence-corrected chi connectivity index (χ4v) is 3.65. The van der Waals surface area contributed by atoms with Gasteiger partial charge in [-0.1, -0.05) is 24.3 Å². The molecule has 0 saturated carbocycles. The zero-order valence-corrected chi connectivity index (χ0v) is 17.1.